The van der Waals surface area contributed by atoms with Gasteiger partial charge in [-0.25, -0.2) is 0 Å². The molecule has 6 atom stereocenters. The van der Waals surface area contributed by atoms with Crippen molar-refractivity contribution >= 4 is 52.5 Å². The zero-order valence-corrected chi connectivity index (χ0v) is 29.3. The third kappa shape index (κ3) is 4.80. The Hall–Kier alpha value is -4.34. The van der Waals surface area contributed by atoms with Gasteiger partial charge >= 0.3 is 0 Å². The molecule has 2 aliphatic heterocycles. The number of anilines is 1. The third-order valence-electron chi connectivity index (χ3n) is 10.8. The van der Waals surface area contributed by atoms with Crippen molar-refractivity contribution in [3.8, 4) is 11.5 Å². The second-order valence-corrected chi connectivity index (χ2v) is 15.3. The number of imide groups is 2. The Morgan fingerprint density at radius 2 is 1.65 bits per heavy atom. The van der Waals surface area contributed by atoms with Crippen molar-refractivity contribution in [1.29, 1.82) is 0 Å². The van der Waals surface area contributed by atoms with Crippen LogP contribution in [-0.4, -0.2) is 51.3 Å². The molecule has 0 radical (unpaired) electrons. The van der Waals surface area contributed by atoms with E-state index >= 15 is 4.79 Å². The van der Waals surface area contributed by atoms with E-state index in [1.54, 1.807) is 62.6 Å². The van der Waals surface area contributed by atoms with Crippen molar-refractivity contribution in [3.05, 3.63) is 99.0 Å². The zero-order valence-electron chi connectivity index (χ0n) is 27.8. The summed E-state index contributed by atoms with van der Waals surface area (Å²) < 4.78 is 5.45. The molecule has 4 amide bonds. The summed E-state index contributed by atoms with van der Waals surface area (Å²) in [6.07, 6.45) is 2.40. The van der Waals surface area contributed by atoms with Gasteiger partial charge in [-0.05, 0) is 87.9 Å². The van der Waals surface area contributed by atoms with Gasteiger partial charge in [0.1, 0.15) is 11.5 Å². The normalized spacial score (nSPS) is 27.9. The topological polar surface area (TPSA) is 116 Å². The first kappa shape index (κ1) is 33.2. The Kier molecular flexibility index (Phi) is 7.87. The minimum atomic E-state index is -1.55. The number of phenolic OH excluding ortho intramolecular Hbond substituents is 1. The number of allylic oxidation sites excluding steroid dienone is 2. The lowest BCUT2D eigenvalue weighted by molar-refractivity contribution is -0.146. The molecule has 2 N–H and O–H groups in total. The van der Waals surface area contributed by atoms with Gasteiger partial charge in [0, 0.05) is 22.0 Å². The molecule has 3 aromatic carbocycles. The maximum atomic E-state index is 15.3. The lowest BCUT2D eigenvalue weighted by Crippen LogP contribution is -2.53. The molecule has 2 heterocycles. The zero-order chi connectivity index (χ0) is 35.2. The van der Waals surface area contributed by atoms with Crippen LogP contribution < -0.4 is 10.2 Å². The molecule has 3 aromatic rings. The Morgan fingerprint density at radius 3 is 2.31 bits per heavy atom. The van der Waals surface area contributed by atoms with Crippen LogP contribution in [0.2, 0.25) is 10.0 Å². The number of rotatable bonds is 5. The largest absolute Gasteiger partial charge is 0.507 e. The fraction of sp³-hybridized carbons (Fsp3) is 0.368. The average molecular weight is 703 g/mol. The number of ether oxygens (including phenoxy) is 1. The summed E-state index contributed by atoms with van der Waals surface area (Å²) in [6.45, 7) is 7.28. The van der Waals surface area contributed by atoms with Crippen LogP contribution in [0.5, 0.6) is 11.5 Å². The van der Waals surface area contributed by atoms with E-state index in [1.165, 1.54) is 11.0 Å². The summed E-state index contributed by atoms with van der Waals surface area (Å²) in [5.74, 6) is -4.66. The first-order valence-electron chi connectivity index (χ1n) is 16.3. The molecule has 254 valence electrons. The number of aromatic hydroxyl groups is 1. The SMILES string of the molecule is COc1ccc(C23C(=O)N(Nc4ccc(Cl)cc4Cl)C(=O)C2CC2C(=CCC4C(=O)N(C(C)(C)C)C(=O)C42)C3c2cccc(C)c2O)cc1. The Bertz CT molecular complexity index is 1950. The van der Waals surface area contributed by atoms with E-state index in [2.05, 4.69) is 5.43 Å². The molecular formula is C38H37Cl2N3O6. The minimum absolute atomic E-state index is 0.000330. The van der Waals surface area contributed by atoms with Crippen molar-refractivity contribution in [1.82, 2.24) is 9.91 Å². The van der Waals surface area contributed by atoms with Crippen LogP contribution >= 0.6 is 23.2 Å². The lowest BCUT2D eigenvalue weighted by atomic mass is 9.49. The van der Waals surface area contributed by atoms with E-state index in [-0.39, 0.29) is 29.0 Å². The van der Waals surface area contributed by atoms with Gasteiger partial charge in [-0.3, -0.25) is 29.5 Å². The summed E-state index contributed by atoms with van der Waals surface area (Å²) in [7, 11) is 1.55. The molecular weight excluding hydrogens is 665 g/mol. The quantitative estimate of drug-likeness (QED) is 0.222. The summed E-state index contributed by atoms with van der Waals surface area (Å²) in [6, 6.07) is 17.1. The number of hydrazine groups is 1. The summed E-state index contributed by atoms with van der Waals surface area (Å²) in [5.41, 5.74) is 3.39. The highest BCUT2D eigenvalue weighted by molar-refractivity contribution is 6.36. The van der Waals surface area contributed by atoms with Crippen LogP contribution in [-0.2, 0) is 24.6 Å². The number of likely N-dealkylation sites (tertiary alicyclic amines) is 1. The van der Waals surface area contributed by atoms with Gasteiger partial charge < -0.3 is 9.84 Å². The van der Waals surface area contributed by atoms with Gasteiger partial charge in [0.2, 0.25) is 11.8 Å². The molecule has 0 aromatic heterocycles. The Balaban J connectivity index is 1.48. The first-order valence-corrected chi connectivity index (χ1v) is 17.1. The second kappa shape index (κ2) is 11.6. The van der Waals surface area contributed by atoms with E-state index < -0.39 is 52.4 Å². The van der Waals surface area contributed by atoms with Crippen LogP contribution in [0.4, 0.5) is 5.69 Å². The Labute approximate surface area is 294 Å². The first-order chi connectivity index (χ1) is 23.2. The van der Waals surface area contributed by atoms with Crippen LogP contribution in [0.1, 0.15) is 56.2 Å². The van der Waals surface area contributed by atoms with Gasteiger partial charge in [-0.2, -0.15) is 5.01 Å². The smallest absolute Gasteiger partial charge is 0.260 e. The predicted molar refractivity (Wildman–Crippen MR) is 185 cm³/mol. The van der Waals surface area contributed by atoms with Crippen LogP contribution in [0, 0.1) is 30.6 Å². The van der Waals surface area contributed by atoms with Gasteiger partial charge in [0.05, 0.1) is 41.0 Å². The van der Waals surface area contributed by atoms with E-state index in [4.69, 9.17) is 27.9 Å². The van der Waals surface area contributed by atoms with Crippen molar-refractivity contribution in [2.24, 2.45) is 23.7 Å². The highest BCUT2D eigenvalue weighted by Gasteiger charge is 2.71. The van der Waals surface area contributed by atoms with Gasteiger partial charge in [-0.1, -0.05) is 65.2 Å². The number of halogens is 2. The van der Waals surface area contributed by atoms with Crippen molar-refractivity contribution in [2.75, 3.05) is 12.5 Å². The fourth-order valence-electron chi connectivity index (χ4n) is 8.76. The number of phenols is 1. The van der Waals surface area contributed by atoms with E-state index in [0.717, 1.165) is 10.6 Å². The lowest BCUT2D eigenvalue weighted by Gasteiger charge is -2.50. The number of benzene rings is 3. The summed E-state index contributed by atoms with van der Waals surface area (Å²) in [5, 5.41) is 13.3. The second-order valence-electron chi connectivity index (χ2n) is 14.4. The molecule has 9 nitrogen and oxygen atoms in total. The van der Waals surface area contributed by atoms with E-state index in [0.29, 0.717) is 39.6 Å². The number of carbonyl (C=O) groups is 4. The number of nitrogens with one attached hydrogen (secondary N) is 1. The van der Waals surface area contributed by atoms with Gasteiger partial charge in [0.25, 0.3) is 11.8 Å². The Morgan fingerprint density at radius 1 is 0.939 bits per heavy atom. The van der Waals surface area contributed by atoms with Crippen molar-refractivity contribution in [2.45, 2.75) is 57.4 Å². The number of carbonyl (C=O) groups excluding carboxylic acids is 4. The number of nitrogens with zero attached hydrogens (tertiary/aromatic N) is 2. The van der Waals surface area contributed by atoms with Crippen molar-refractivity contribution < 1.29 is 29.0 Å². The summed E-state index contributed by atoms with van der Waals surface area (Å²) >= 11 is 12.7. The molecule has 0 bridgehead atoms. The van der Waals surface area contributed by atoms with Gasteiger partial charge in [0.15, 0.2) is 0 Å². The molecule has 1 saturated carbocycles. The summed E-state index contributed by atoms with van der Waals surface area (Å²) in [4.78, 5) is 59.5. The number of methoxy groups -OCH3 is 1. The minimum Gasteiger partial charge on any atom is -0.507 e. The van der Waals surface area contributed by atoms with E-state index in [9.17, 15) is 19.5 Å². The highest BCUT2D eigenvalue weighted by Crippen LogP contribution is 2.65. The highest BCUT2D eigenvalue weighted by atomic mass is 35.5. The number of aryl methyl sites for hydroxylation is 1. The van der Waals surface area contributed by atoms with Crippen LogP contribution in [0.15, 0.2) is 72.3 Å². The van der Waals surface area contributed by atoms with Crippen LogP contribution in [0.25, 0.3) is 0 Å². The number of amides is 4. The molecule has 6 unspecified atom stereocenters. The monoisotopic (exact) mass is 701 g/mol. The molecule has 4 aliphatic rings. The number of para-hydroxylation sites is 1. The molecule has 2 saturated heterocycles. The maximum Gasteiger partial charge on any atom is 0.260 e. The third-order valence-corrected chi connectivity index (χ3v) is 11.4. The molecule has 3 fully saturated rings. The molecule has 0 spiro atoms. The van der Waals surface area contributed by atoms with Gasteiger partial charge in [-0.15, -0.1) is 0 Å². The number of fused-ring (bicyclic) bond motifs is 4. The average Bonchev–Trinajstić information content (AvgIpc) is 3.45. The molecule has 11 heteroatoms. The molecule has 49 heavy (non-hydrogen) atoms. The van der Waals surface area contributed by atoms with Crippen molar-refractivity contribution in [3.63, 3.8) is 0 Å². The molecule has 2 aliphatic carbocycles. The number of hydrogen-bond donors (Lipinski definition) is 2. The predicted octanol–water partition coefficient (Wildman–Crippen LogP) is 6.80. The number of hydrogen-bond acceptors (Lipinski definition) is 7. The standard InChI is InChI=1S/C38H37Cl2N3O6/c1-19-7-6-8-25(32(19)44)31-23-14-15-24-30(35(47)42(33(24)45)37(2,3)4)26(23)18-27-34(46)43(41-29-16-11-21(39)17-28(29)40)36(48)38(27,31)20-9-12-22(49-5)13-10-20/h6-14,16-17,24,26-27,30-31,41,44H,15,18H2,1-5H3. The van der Waals surface area contributed by atoms with Crippen LogP contribution in [0.3, 0.4) is 0 Å². The maximum absolute atomic E-state index is 15.3. The molecule has 7 rings (SSSR count). The fourth-order valence-corrected chi connectivity index (χ4v) is 9.21. The van der Waals surface area contributed by atoms with E-state index in [1.807, 2.05) is 32.9 Å².